The molecule has 0 aromatic carbocycles. The van der Waals surface area contributed by atoms with Crippen LogP contribution in [-0.2, 0) is 0 Å². The van der Waals surface area contributed by atoms with E-state index in [9.17, 15) is 5.11 Å². The van der Waals surface area contributed by atoms with E-state index in [4.69, 9.17) is 0 Å². The number of aliphatic hydroxyl groups excluding tert-OH is 1. The first kappa shape index (κ1) is 9.85. The smallest absolute Gasteiger partial charge is 0.0625 e. The maximum absolute atomic E-state index is 10.3. The maximum atomic E-state index is 10.3. The van der Waals surface area contributed by atoms with Crippen LogP contribution in [-0.4, -0.2) is 22.7 Å². The van der Waals surface area contributed by atoms with Crippen LogP contribution in [0.15, 0.2) is 0 Å². The summed E-state index contributed by atoms with van der Waals surface area (Å²) < 4.78 is 0. The zero-order chi connectivity index (χ0) is 9.31. The molecule has 2 atom stereocenters. The lowest BCUT2D eigenvalue weighted by Gasteiger charge is -2.37. The summed E-state index contributed by atoms with van der Waals surface area (Å²) >= 11 is 2.06. The topological polar surface area (TPSA) is 20.2 Å². The fourth-order valence-electron chi connectivity index (χ4n) is 3.03. The van der Waals surface area contributed by atoms with Gasteiger partial charge in [0.25, 0.3) is 0 Å². The third kappa shape index (κ3) is 1.63. The molecule has 1 N–H and O–H groups in total. The van der Waals surface area contributed by atoms with Crippen LogP contribution in [0.2, 0.25) is 0 Å². The van der Waals surface area contributed by atoms with Crippen LogP contribution in [0.5, 0.6) is 0 Å². The SMILES string of the molecule is CCC1CCC2(CCSCC2)C1O. The summed E-state index contributed by atoms with van der Waals surface area (Å²) in [4.78, 5) is 0. The van der Waals surface area contributed by atoms with Gasteiger partial charge in [-0.25, -0.2) is 0 Å². The van der Waals surface area contributed by atoms with Gasteiger partial charge in [-0.1, -0.05) is 13.3 Å². The molecule has 76 valence electrons. The maximum Gasteiger partial charge on any atom is 0.0625 e. The second-order valence-corrected chi connectivity index (χ2v) is 5.85. The van der Waals surface area contributed by atoms with Crippen molar-refractivity contribution in [1.82, 2.24) is 0 Å². The van der Waals surface area contributed by atoms with Gasteiger partial charge in [0, 0.05) is 0 Å². The van der Waals surface area contributed by atoms with Crippen LogP contribution in [0, 0.1) is 11.3 Å². The molecule has 1 saturated carbocycles. The normalized spacial score (nSPS) is 38.3. The molecule has 1 heterocycles. The first-order valence-electron chi connectivity index (χ1n) is 5.54. The summed E-state index contributed by atoms with van der Waals surface area (Å²) in [6.45, 7) is 2.21. The predicted molar refractivity (Wildman–Crippen MR) is 58.0 cm³/mol. The Balaban J connectivity index is 2.06. The number of rotatable bonds is 1. The monoisotopic (exact) mass is 200 g/mol. The van der Waals surface area contributed by atoms with Gasteiger partial charge in [0.15, 0.2) is 0 Å². The van der Waals surface area contributed by atoms with Crippen LogP contribution < -0.4 is 0 Å². The van der Waals surface area contributed by atoms with Crippen molar-refractivity contribution < 1.29 is 5.11 Å². The molecule has 2 fully saturated rings. The van der Waals surface area contributed by atoms with Gasteiger partial charge in [0.05, 0.1) is 6.10 Å². The number of thioether (sulfide) groups is 1. The Hall–Kier alpha value is 0.310. The summed E-state index contributed by atoms with van der Waals surface area (Å²) in [7, 11) is 0. The molecule has 1 spiro atoms. The largest absolute Gasteiger partial charge is 0.392 e. The molecule has 13 heavy (non-hydrogen) atoms. The van der Waals surface area contributed by atoms with Crippen LogP contribution >= 0.6 is 11.8 Å². The quantitative estimate of drug-likeness (QED) is 0.702. The Labute approximate surface area is 85.3 Å². The van der Waals surface area contributed by atoms with Crippen molar-refractivity contribution in [2.45, 2.75) is 45.1 Å². The van der Waals surface area contributed by atoms with Gasteiger partial charge in [0.2, 0.25) is 0 Å². The second kappa shape index (κ2) is 3.82. The lowest BCUT2D eigenvalue weighted by Crippen LogP contribution is -2.36. The molecule has 1 nitrogen and oxygen atoms in total. The van der Waals surface area contributed by atoms with E-state index in [2.05, 4.69) is 18.7 Å². The van der Waals surface area contributed by atoms with E-state index in [0.717, 1.165) is 6.42 Å². The van der Waals surface area contributed by atoms with Gasteiger partial charge < -0.3 is 5.11 Å². The van der Waals surface area contributed by atoms with E-state index in [-0.39, 0.29) is 6.10 Å². The van der Waals surface area contributed by atoms with Crippen molar-refractivity contribution in [3.63, 3.8) is 0 Å². The predicted octanol–water partition coefficient (Wildman–Crippen LogP) is 2.68. The molecular formula is C11H20OS. The molecule has 2 heteroatoms. The number of hydrogen-bond donors (Lipinski definition) is 1. The zero-order valence-corrected chi connectivity index (χ0v) is 9.28. The van der Waals surface area contributed by atoms with Crippen molar-refractivity contribution >= 4 is 11.8 Å². The third-order valence-corrected chi connectivity index (χ3v) is 5.09. The van der Waals surface area contributed by atoms with Gasteiger partial charge in [-0.2, -0.15) is 11.8 Å². The molecule has 1 aliphatic heterocycles. The molecule has 0 radical (unpaired) electrons. The molecule has 1 saturated heterocycles. The highest BCUT2D eigenvalue weighted by Crippen LogP contribution is 2.51. The summed E-state index contributed by atoms with van der Waals surface area (Å²) in [6, 6.07) is 0. The van der Waals surface area contributed by atoms with E-state index in [1.54, 1.807) is 0 Å². The minimum Gasteiger partial charge on any atom is -0.392 e. The minimum absolute atomic E-state index is 0.0124. The molecule has 2 aliphatic rings. The number of hydrogen-bond acceptors (Lipinski definition) is 2. The standard InChI is InChI=1S/C11H20OS/c1-2-9-3-4-11(10(9)12)5-7-13-8-6-11/h9-10,12H,2-8H2,1H3. The van der Waals surface area contributed by atoms with Crippen molar-refractivity contribution in [2.24, 2.45) is 11.3 Å². The van der Waals surface area contributed by atoms with E-state index in [1.807, 2.05) is 0 Å². The highest BCUT2D eigenvalue weighted by Gasteiger charge is 2.46. The molecule has 0 amide bonds. The first-order valence-corrected chi connectivity index (χ1v) is 6.70. The molecular weight excluding hydrogens is 180 g/mol. The zero-order valence-electron chi connectivity index (χ0n) is 8.46. The van der Waals surface area contributed by atoms with Crippen LogP contribution in [0.1, 0.15) is 39.0 Å². The lowest BCUT2D eigenvalue weighted by molar-refractivity contribution is 0.0170. The molecule has 0 aromatic heterocycles. The van der Waals surface area contributed by atoms with Crippen molar-refractivity contribution in [1.29, 1.82) is 0 Å². The average molecular weight is 200 g/mol. The average Bonchev–Trinajstić information content (AvgIpc) is 2.47. The highest BCUT2D eigenvalue weighted by atomic mass is 32.2. The van der Waals surface area contributed by atoms with Crippen molar-refractivity contribution in [2.75, 3.05) is 11.5 Å². The van der Waals surface area contributed by atoms with Crippen LogP contribution in [0.25, 0.3) is 0 Å². The minimum atomic E-state index is 0.0124. The second-order valence-electron chi connectivity index (χ2n) is 4.63. The fourth-order valence-corrected chi connectivity index (χ4v) is 4.34. The lowest BCUT2D eigenvalue weighted by atomic mass is 9.77. The summed E-state index contributed by atoms with van der Waals surface area (Å²) in [6.07, 6.45) is 6.24. The molecule has 2 unspecified atom stereocenters. The summed E-state index contributed by atoms with van der Waals surface area (Å²) in [5.41, 5.74) is 0.339. The fraction of sp³-hybridized carbons (Fsp3) is 1.00. The van der Waals surface area contributed by atoms with Crippen molar-refractivity contribution in [3.8, 4) is 0 Å². The van der Waals surface area contributed by atoms with Crippen LogP contribution in [0.4, 0.5) is 0 Å². The van der Waals surface area contributed by atoms with Gasteiger partial charge >= 0.3 is 0 Å². The van der Waals surface area contributed by atoms with E-state index < -0.39 is 0 Å². The van der Waals surface area contributed by atoms with Gasteiger partial charge in [0.1, 0.15) is 0 Å². The van der Waals surface area contributed by atoms with Gasteiger partial charge in [-0.15, -0.1) is 0 Å². The van der Waals surface area contributed by atoms with E-state index in [1.165, 1.54) is 37.2 Å². The number of aliphatic hydroxyl groups is 1. The Morgan fingerprint density at radius 2 is 2.00 bits per heavy atom. The third-order valence-electron chi connectivity index (χ3n) is 4.10. The van der Waals surface area contributed by atoms with Crippen molar-refractivity contribution in [3.05, 3.63) is 0 Å². The van der Waals surface area contributed by atoms with Gasteiger partial charge in [-0.3, -0.25) is 0 Å². The van der Waals surface area contributed by atoms with Gasteiger partial charge in [-0.05, 0) is 48.5 Å². The van der Waals surface area contributed by atoms with Crippen LogP contribution in [0.3, 0.4) is 0 Å². The van der Waals surface area contributed by atoms with E-state index in [0.29, 0.717) is 11.3 Å². The highest BCUT2D eigenvalue weighted by molar-refractivity contribution is 7.99. The summed E-state index contributed by atoms with van der Waals surface area (Å²) in [5, 5.41) is 10.3. The molecule has 0 aromatic rings. The molecule has 2 rings (SSSR count). The Morgan fingerprint density at radius 1 is 1.31 bits per heavy atom. The Morgan fingerprint density at radius 3 is 2.54 bits per heavy atom. The Bertz CT molecular complexity index is 175. The Kier molecular flexibility index (Phi) is 2.89. The first-order chi connectivity index (χ1) is 6.28. The molecule has 1 aliphatic carbocycles. The van der Waals surface area contributed by atoms with E-state index >= 15 is 0 Å². The molecule has 0 bridgehead atoms. The summed E-state index contributed by atoms with van der Waals surface area (Å²) in [5.74, 6) is 3.14.